The molecule has 5 nitrogen and oxygen atoms in total. The average Bonchev–Trinajstić information content (AvgIpc) is 3.94. The van der Waals surface area contributed by atoms with Crippen molar-refractivity contribution < 1.29 is 8.83 Å². The molecule has 0 spiro atoms. The van der Waals surface area contributed by atoms with Gasteiger partial charge >= 0.3 is 0 Å². The predicted molar refractivity (Wildman–Crippen MR) is 252 cm³/mol. The van der Waals surface area contributed by atoms with Gasteiger partial charge < -0.3 is 8.83 Å². The Kier molecular flexibility index (Phi) is 8.42. The van der Waals surface area contributed by atoms with Gasteiger partial charge in [-0.2, -0.15) is 0 Å². The monoisotopic (exact) mass is 793 g/mol. The Hall–Kier alpha value is -8.41. The van der Waals surface area contributed by atoms with E-state index < -0.39 is 0 Å². The van der Waals surface area contributed by atoms with Crippen molar-refractivity contribution in [2.24, 2.45) is 0 Å². The highest BCUT2D eigenvalue weighted by atomic mass is 16.3. The Morgan fingerprint density at radius 2 is 0.742 bits per heavy atom. The lowest BCUT2D eigenvalue weighted by Gasteiger charge is -2.11. The molecule has 0 saturated carbocycles. The smallest absolute Gasteiger partial charge is 0.167 e. The highest BCUT2D eigenvalue weighted by molar-refractivity contribution is 6.19. The largest absolute Gasteiger partial charge is 0.455 e. The lowest BCUT2D eigenvalue weighted by atomic mass is 9.92. The molecule has 0 bridgehead atoms. The zero-order chi connectivity index (χ0) is 41.0. The molecule has 0 aliphatic heterocycles. The van der Waals surface area contributed by atoms with Gasteiger partial charge in [-0.1, -0.05) is 182 Å². The number of hydrogen-bond acceptors (Lipinski definition) is 5. The first-order valence-corrected chi connectivity index (χ1v) is 20.8. The van der Waals surface area contributed by atoms with E-state index in [1.54, 1.807) is 0 Å². The number of nitrogens with zero attached hydrogens (tertiary/aromatic N) is 3. The molecule has 0 saturated heterocycles. The van der Waals surface area contributed by atoms with E-state index in [1.807, 2.05) is 48.5 Å². The molecule has 9 aromatic carbocycles. The Bertz CT molecular complexity index is 3600. The van der Waals surface area contributed by atoms with Crippen LogP contribution in [0, 0.1) is 0 Å². The molecule has 0 radical (unpaired) electrons. The molecule has 0 atom stereocenters. The van der Waals surface area contributed by atoms with E-state index in [4.69, 9.17) is 23.8 Å². The van der Waals surface area contributed by atoms with Gasteiger partial charge in [0.15, 0.2) is 17.5 Å². The van der Waals surface area contributed by atoms with Crippen LogP contribution in [-0.2, 0) is 0 Å². The fourth-order valence-corrected chi connectivity index (χ4v) is 8.76. The summed E-state index contributed by atoms with van der Waals surface area (Å²) in [6.07, 6.45) is 0. The molecule has 3 aromatic heterocycles. The van der Waals surface area contributed by atoms with Crippen LogP contribution in [0.25, 0.3) is 123 Å². The minimum Gasteiger partial charge on any atom is -0.455 e. The van der Waals surface area contributed by atoms with Crippen LogP contribution in [0.5, 0.6) is 0 Å². The van der Waals surface area contributed by atoms with E-state index in [9.17, 15) is 0 Å². The van der Waals surface area contributed by atoms with Crippen molar-refractivity contribution >= 4 is 43.9 Å². The third kappa shape index (κ3) is 6.06. The molecule has 5 heteroatoms. The molecule has 12 aromatic rings. The van der Waals surface area contributed by atoms with E-state index in [0.29, 0.717) is 23.1 Å². The van der Waals surface area contributed by atoms with Crippen LogP contribution in [0.2, 0.25) is 0 Å². The zero-order valence-electron chi connectivity index (χ0n) is 33.4. The fourth-order valence-electron chi connectivity index (χ4n) is 8.76. The maximum absolute atomic E-state index is 7.22. The molecule has 3 heterocycles. The average molecular weight is 794 g/mol. The molecule has 0 N–H and O–H groups in total. The van der Waals surface area contributed by atoms with Gasteiger partial charge in [-0.05, 0) is 69.3 Å². The predicted octanol–water partition coefficient (Wildman–Crippen LogP) is 15.3. The van der Waals surface area contributed by atoms with E-state index in [0.717, 1.165) is 99.5 Å². The molecule has 12 rings (SSSR count). The van der Waals surface area contributed by atoms with Crippen molar-refractivity contribution in [1.29, 1.82) is 0 Å². The maximum atomic E-state index is 7.22. The standard InChI is InChI=1S/C57H35N3O2/c1-5-16-36(17-6-1)38-28-30-41(31-29-38)55-58-56(46-26-15-25-45-44-24-13-14-27-50(44)61-52(45)46)60-57(59-55)47-33-32-43(39-20-9-3-10-21-39)51-49-35-42(37-18-7-2-8-19-37)34-48(53(49)62-54(47)51)40-22-11-4-12-23-40/h1-35H. The Morgan fingerprint density at radius 3 is 1.42 bits per heavy atom. The summed E-state index contributed by atoms with van der Waals surface area (Å²) < 4.78 is 13.8. The number of fused-ring (bicyclic) bond motifs is 6. The van der Waals surface area contributed by atoms with E-state index in [2.05, 4.69) is 164 Å². The molecule has 62 heavy (non-hydrogen) atoms. The van der Waals surface area contributed by atoms with Gasteiger partial charge in [0.25, 0.3) is 0 Å². The lowest BCUT2D eigenvalue weighted by molar-refractivity contribution is 0.669. The first kappa shape index (κ1) is 35.5. The van der Waals surface area contributed by atoms with Crippen molar-refractivity contribution in [3.8, 4) is 78.7 Å². The van der Waals surface area contributed by atoms with Crippen LogP contribution < -0.4 is 0 Å². The van der Waals surface area contributed by atoms with Crippen molar-refractivity contribution in [1.82, 2.24) is 15.0 Å². The number of para-hydroxylation sites is 2. The molecular formula is C57H35N3O2. The summed E-state index contributed by atoms with van der Waals surface area (Å²) in [6, 6.07) is 73.3. The summed E-state index contributed by atoms with van der Waals surface area (Å²) in [5, 5.41) is 4.05. The maximum Gasteiger partial charge on any atom is 0.167 e. The van der Waals surface area contributed by atoms with Crippen molar-refractivity contribution in [3.05, 3.63) is 212 Å². The minimum atomic E-state index is 0.499. The van der Waals surface area contributed by atoms with Gasteiger partial charge in [-0.15, -0.1) is 0 Å². The van der Waals surface area contributed by atoms with Crippen molar-refractivity contribution in [3.63, 3.8) is 0 Å². The number of furan rings is 2. The highest BCUT2D eigenvalue weighted by Crippen LogP contribution is 2.46. The summed E-state index contributed by atoms with van der Waals surface area (Å²) in [7, 11) is 0. The number of rotatable bonds is 7. The SMILES string of the molecule is c1ccc(-c2ccc(-c3nc(-c4cccc5c4oc4ccccc45)nc(-c4ccc(-c5ccccc5)c5c4oc4c(-c6ccccc6)cc(-c6ccccc6)cc45)n3)cc2)cc1. The third-order valence-electron chi connectivity index (χ3n) is 11.8. The molecule has 0 unspecified atom stereocenters. The summed E-state index contributed by atoms with van der Waals surface area (Å²) in [5.41, 5.74) is 14.2. The second kappa shape index (κ2) is 14.7. The third-order valence-corrected chi connectivity index (χ3v) is 11.8. The Balaban J connectivity index is 1.14. The second-order valence-electron chi connectivity index (χ2n) is 15.5. The number of aromatic nitrogens is 3. The van der Waals surface area contributed by atoms with Crippen LogP contribution in [0.3, 0.4) is 0 Å². The molecule has 0 fully saturated rings. The van der Waals surface area contributed by atoms with E-state index >= 15 is 0 Å². The summed E-state index contributed by atoms with van der Waals surface area (Å²) in [5.74, 6) is 1.55. The topological polar surface area (TPSA) is 65.0 Å². The fraction of sp³-hybridized carbons (Fsp3) is 0. The molecule has 0 aliphatic carbocycles. The Labute approximate surface area is 357 Å². The van der Waals surface area contributed by atoms with E-state index in [1.165, 1.54) is 0 Å². The highest BCUT2D eigenvalue weighted by Gasteiger charge is 2.24. The second-order valence-corrected chi connectivity index (χ2v) is 15.5. The van der Waals surface area contributed by atoms with Gasteiger partial charge in [-0.3, -0.25) is 0 Å². The number of benzene rings is 9. The first-order valence-electron chi connectivity index (χ1n) is 20.8. The molecule has 290 valence electrons. The van der Waals surface area contributed by atoms with Gasteiger partial charge in [0.05, 0.1) is 11.1 Å². The molecule has 0 aliphatic rings. The van der Waals surface area contributed by atoms with Crippen LogP contribution >= 0.6 is 0 Å². The quantitative estimate of drug-likeness (QED) is 0.161. The van der Waals surface area contributed by atoms with Crippen molar-refractivity contribution in [2.45, 2.75) is 0 Å². The normalized spacial score (nSPS) is 11.5. The lowest BCUT2D eigenvalue weighted by Crippen LogP contribution is -2.01. The van der Waals surface area contributed by atoms with Crippen LogP contribution in [0.15, 0.2) is 221 Å². The van der Waals surface area contributed by atoms with Gasteiger partial charge in [0.1, 0.15) is 22.3 Å². The minimum absolute atomic E-state index is 0.499. The summed E-state index contributed by atoms with van der Waals surface area (Å²) in [6.45, 7) is 0. The molecular weight excluding hydrogens is 759 g/mol. The molecule has 0 amide bonds. The summed E-state index contributed by atoms with van der Waals surface area (Å²) >= 11 is 0. The first-order chi connectivity index (χ1) is 30.7. The zero-order valence-corrected chi connectivity index (χ0v) is 33.4. The summed E-state index contributed by atoms with van der Waals surface area (Å²) in [4.78, 5) is 15.8. The van der Waals surface area contributed by atoms with Crippen LogP contribution in [0.4, 0.5) is 0 Å². The van der Waals surface area contributed by atoms with Crippen LogP contribution in [0.1, 0.15) is 0 Å². The van der Waals surface area contributed by atoms with Gasteiger partial charge in [0, 0.05) is 32.7 Å². The van der Waals surface area contributed by atoms with Gasteiger partial charge in [-0.25, -0.2) is 15.0 Å². The number of hydrogen-bond donors (Lipinski definition) is 0. The van der Waals surface area contributed by atoms with Gasteiger partial charge in [0.2, 0.25) is 0 Å². The van der Waals surface area contributed by atoms with Crippen molar-refractivity contribution in [2.75, 3.05) is 0 Å². The Morgan fingerprint density at radius 1 is 0.258 bits per heavy atom. The van der Waals surface area contributed by atoms with Crippen LogP contribution in [-0.4, -0.2) is 15.0 Å². The van der Waals surface area contributed by atoms with E-state index in [-0.39, 0.29) is 0 Å².